The summed E-state index contributed by atoms with van der Waals surface area (Å²) >= 11 is 0. The number of likely N-dealkylation sites (N-methyl/N-ethyl adjacent to an activating group) is 1. The van der Waals surface area contributed by atoms with Gasteiger partial charge in [0.1, 0.15) is 5.82 Å². The van der Waals surface area contributed by atoms with Crippen LogP contribution >= 0.6 is 0 Å². The number of nitrogens with zero attached hydrogens (tertiary/aromatic N) is 3. The fraction of sp³-hybridized carbons (Fsp3) is 0.455. The predicted octanol–water partition coefficient (Wildman–Crippen LogP) is 3.90. The first-order valence-electron chi connectivity index (χ1n) is 9.72. The number of anilines is 2. The van der Waals surface area contributed by atoms with Gasteiger partial charge < -0.3 is 15.1 Å². The Kier molecular flexibility index (Phi) is 5.80. The lowest BCUT2D eigenvalue weighted by Gasteiger charge is -2.34. The lowest BCUT2D eigenvalue weighted by Crippen LogP contribution is -2.48. The zero-order valence-electron chi connectivity index (χ0n) is 16.8. The Morgan fingerprint density at radius 2 is 1.70 bits per heavy atom. The molecular weight excluding hydrogens is 336 g/mol. The molecule has 2 heterocycles. The molecule has 0 bridgehead atoms. The van der Waals surface area contributed by atoms with Gasteiger partial charge in [0.15, 0.2) is 0 Å². The highest BCUT2D eigenvalue weighted by Crippen LogP contribution is 2.24. The zero-order chi connectivity index (χ0) is 19.4. The van der Waals surface area contributed by atoms with Gasteiger partial charge in [0.25, 0.3) is 5.91 Å². The van der Waals surface area contributed by atoms with E-state index >= 15 is 0 Å². The second kappa shape index (κ2) is 8.09. The summed E-state index contributed by atoms with van der Waals surface area (Å²) in [6, 6.07) is 12.1. The van der Waals surface area contributed by atoms with Gasteiger partial charge in [0.05, 0.1) is 5.56 Å². The number of hydrogen-bond acceptors (Lipinski definition) is 4. The van der Waals surface area contributed by atoms with E-state index in [0.717, 1.165) is 44.2 Å². The smallest absolute Gasteiger partial charge is 0.255 e. The highest BCUT2D eigenvalue weighted by molar-refractivity contribution is 5.94. The van der Waals surface area contributed by atoms with E-state index in [1.165, 1.54) is 5.56 Å². The number of pyridine rings is 1. The zero-order valence-corrected chi connectivity index (χ0v) is 16.8. The number of carbonyl (C=O) groups is 1. The van der Waals surface area contributed by atoms with Gasteiger partial charge in [-0.1, -0.05) is 39.8 Å². The Morgan fingerprint density at radius 3 is 2.22 bits per heavy atom. The summed E-state index contributed by atoms with van der Waals surface area (Å²) in [4.78, 5) is 21.3. The molecule has 1 amide bonds. The van der Waals surface area contributed by atoms with Crippen LogP contribution in [0.4, 0.5) is 11.5 Å². The largest absolute Gasteiger partial charge is 0.340 e. The number of benzene rings is 1. The second-order valence-electron chi connectivity index (χ2n) is 8.11. The molecule has 0 unspecified atom stereocenters. The van der Waals surface area contributed by atoms with Crippen LogP contribution < -0.4 is 5.32 Å². The monoisotopic (exact) mass is 366 g/mol. The van der Waals surface area contributed by atoms with Crippen LogP contribution in [0, 0.1) is 0 Å². The lowest BCUT2D eigenvalue weighted by molar-refractivity contribution is 0.0643. The van der Waals surface area contributed by atoms with Gasteiger partial charge in [0, 0.05) is 38.1 Å². The highest BCUT2D eigenvalue weighted by atomic mass is 16.2. The molecule has 1 saturated heterocycles. The first-order valence-corrected chi connectivity index (χ1v) is 9.72. The summed E-state index contributed by atoms with van der Waals surface area (Å²) in [5.41, 5.74) is 3.07. The van der Waals surface area contributed by atoms with Crippen molar-refractivity contribution in [3.05, 3.63) is 53.7 Å². The van der Waals surface area contributed by atoms with Crippen molar-refractivity contribution in [2.75, 3.05) is 38.0 Å². The first-order chi connectivity index (χ1) is 12.9. The molecule has 1 aliphatic rings. The van der Waals surface area contributed by atoms with E-state index in [4.69, 9.17) is 0 Å². The number of aromatic nitrogens is 1. The van der Waals surface area contributed by atoms with Crippen LogP contribution in [0.25, 0.3) is 0 Å². The molecule has 1 fully saturated rings. The minimum absolute atomic E-state index is 0.0688. The van der Waals surface area contributed by atoms with Crippen LogP contribution in [-0.4, -0.2) is 53.4 Å². The Bertz CT molecular complexity index is 754. The normalized spacial score (nSPS) is 15.6. The van der Waals surface area contributed by atoms with Crippen LogP contribution in [0.15, 0.2) is 42.6 Å². The molecule has 1 aromatic carbocycles. The molecule has 27 heavy (non-hydrogen) atoms. The maximum Gasteiger partial charge on any atom is 0.255 e. The van der Waals surface area contributed by atoms with E-state index in [1.54, 1.807) is 6.20 Å². The maximum atomic E-state index is 12.6. The summed E-state index contributed by atoms with van der Waals surface area (Å²) < 4.78 is 0. The van der Waals surface area contributed by atoms with Crippen molar-refractivity contribution in [2.45, 2.75) is 33.1 Å². The van der Waals surface area contributed by atoms with Crippen LogP contribution in [0.2, 0.25) is 0 Å². The molecule has 0 aliphatic carbocycles. The van der Waals surface area contributed by atoms with Crippen LogP contribution in [0.1, 0.15) is 43.6 Å². The average molecular weight is 367 g/mol. The second-order valence-corrected chi connectivity index (χ2v) is 8.11. The minimum atomic E-state index is 0.0688. The van der Waals surface area contributed by atoms with E-state index in [-0.39, 0.29) is 11.3 Å². The minimum Gasteiger partial charge on any atom is -0.340 e. The topological polar surface area (TPSA) is 48.5 Å². The molecule has 3 rings (SSSR count). The highest BCUT2D eigenvalue weighted by Gasteiger charge is 2.21. The summed E-state index contributed by atoms with van der Waals surface area (Å²) in [6.07, 6.45) is 1.67. The number of piperazine rings is 1. The predicted molar refractivity (Wildman–Crippen MR) is 111 cm³/mol. The van der Waals surface area contributed by atoms with Gasteiger partial charge in [-0.3, -0.25) is 4.79 Å². The first kappa shape index (κ1) is 19.4. The Hall–Kier alpha value is -2.40. The molecule has 2 aromatic rings. The fourth-order valence-corrected chi connectivity index (χ4v) is 3.25. The van der Waals surface area contributed by atoms with Crippen LogP contribution in [0.5, 0.6) is 0 Å². The number of carbonyl (C=O) groups excluding carboxylic acids is 1. The Labute approximate surface area is 162 Å². The van der Waals surface area contributed by atoms with E-state index in [9.17, 15) is 4.79 Å². The van der Waals surface area contributed by atoms with Gasteiger partial charge in [-0.25, -0.2) is 4.98 Å². The van der Waals surface area contributed by atoms with Crippen LogP contribution in [-0.2, 0) is 5.41 Å². The number of nitrogens with one attached hydrogen (secondary N) is 1. The van der Waals surface area contributed by atoms with Crippen molar-refractivity contribution < 1.29 is 4.79 Å². The average Bonchev–Trinajstić information content (AvgIpc) is 2.68. The molecule has 0 spiro atoms. The molecule has 5 heteroatoms. The van der Waals surface area contributed by atoms with E-state index in [2.05, 4.69) is 67.2 Å². The SMILES string of the molecule is CCN1CCN(C(=O)c2ccc(Nc3ccc(C(C)(C)C)cc3)nc2)CC1. The summed E-state index contributed by atoms with van der Waals surface area (Å²) in [5.74, 6) is 0.810. The summed E-state index contributed by atoms with van der Waals surface area (Å²) in [5, 5.41) is 3.30. The molecule has 144 valence electrons. The Morgan fingerprint density at radius 1 is 1.04 bits per heavy atom. The Balaban J connectivity index is 1.61. The summed E-state index contributed by atoms with van der Waals surface area (Å²) in [7, 11) is 0. The number of rotatable bonds is 4. The van der Waals surface area contributed by atoms with Gasteiger partial charge in [-0.05, 0) is 41.8 Å². The third kappa shape index (κ3) is 4.86. The van der Waals surface area contributed by atoms with Crippen molar-refractivity contribution >= 4 is 17.4 Å². The summed E-state index contributed by atoms with van der Waals surface area (Å²) in [6.45, 7) is 13.3. The molecule has 1 aliphatic heterocycles. The van der Waals surface area contributed by atoms with Gasteiger partial charge >= 0.3 is 0 Å². The molecular formula is C22H30N4O. The van der Waals surface area contributed by atoms with Crippen molar-refractivity contribution in [3.63, 3.8) is 0 Å². The lowest BCUT2D eigenvalue weighted by atomic mass is 9.87. The van der Waals surface area contributed by atoms with E-state index < -0.39 is 0 Å². The van der Waals surface area contributed by atoms with Gasteiger partial charge in [-0.15, -0.1) is 0 Å². The van der Waals surface area contributed by atoms with Gasteiger partial charge in [-0.2, -0.15) is 0 Å². The van der Waals surface area contributed by atoms with Crippen molar-refractivity contribution in [2.24, 2.45) is 0 Å². The van der Waals surface area contributed by atoms with Gasteiger partial charge in [0.2, 0.25) is 0 Å². The van der Waals surface area contributed by atoms with Crippen LogP contribution in [0.3, 0.4) is 0 Å². The molecule has 0 saturated carbocycles. The number of amides is 1. The maximum absolute atomic E-state index is 12.6. The molecule has 0 radical (unpaired) electrons. The molecule has 1 N–H and O–H groups in total. The fourth-order valence-electron chi connectivity index (χ4n) is 3.25. The van der Waals surface area contributed by atoms with Crippen molar-refractivity contribution in [1.82, 2.24) is 14.8 Å². The number of hydrogen-bond donors (Lipinski definition) is 1. The van der Waals surface area contributed by atoms with E-state index in [1.807, 2.05) is 17.0 Å². The third-order valence-corrected chi connectivity index (χ3v) is 5.14. The van der Waals surface area contributed by atoms with E-state index in [0.29, 0.717) is 5.56 Å². The van der Waals surface area contributed by atoms with Crippen molar-refractivity contribution in [3.8, 4) is 0 Å². The third-order valence-electron chi connectivity index (χ3n) is 5.14. The molecule has 0 atom stereocenters. The molecule has 1 aromatic heterocycles. The molecule has 5 nitrogen and oxygen atoms in total. The standard InChI is InChI=1S/C22H30N4O/c1-5-25-12-14-26(15-13-25)21(27)17-6-11-20(23-16-17)24-19-9-7-18(8-10-19)22(2,3)4/h6-11,16H,5,12-15H2,1-4H3,(H,23,24). The quantitative estimate of drug-likeness (QED) is 0.891. The van der Waals surface area contributed by atoms with Crippen molar-refractivity contribution in [1.29, 1.82) is 0 Å².